The molecule has 2 nitrogen and oxygen atoms in total. The van der Waals surface area contributed by atoms with E-state index in [-0.39, 0.29) is 5.56 Å². The van der Waals surface area contributed by atoms with Crippen molar-refractivity contribution < 1.29 is 13.9 Å². The Kier molecular flexibility index (Phi) is 2.98. The van der Waals surface area contributed by atoms with Crippen LogP contribution in [-0.4, -0.2) is 10.1 Å². The number of benzene rings is 1. The van der Waals surface area contributed by atoms with Crippen molar-refractivity contribution in [3.05, 3.63) is 51.5 Å². The number of halogens is 2. The Bertz CT molecular complexity index is 492. The van der Waals surface area contributed by atoms with Gasteiger partial charge in [-0.1, -0.05) is 0 Å². The second-order valence-electron chi connectivity index (χ2n) is 3.40. The fraction of sp³-hybridized carbons (Fsp3) is 0.182. The highest BCUT2D eigenvalue weighted by molar-refractivity contribution is 7.09. The molecule has 0 aliphatic carbocycles. The van der Waals surface area contributed by atoms with Gasteiger partial charge in [-0.25, -0.2) is 13.8 Å². The molecule has 5 heteroatoms. The molecule has 1 N–H and O–H groups in total. The van der Waals surface area contributed by atoms with Gasteiger partial charge in [0, 0.05) is 11.4 Å². The van der Waals surface area contributed by atoms with Gasteiger partial charge in [-0.05, 0) is 24.6 Å². The van der Waals surface area contributed by atoms with Crippen molar-refractivity contribution in [2.24, 2.45) is 0 Å². The largest absolute Gasteiger partial charge is 0.382 e. The highest BCUT2D eigenvalue weighted by Crippen LogP contribution is 2.24. The zero-order chi connectivity index (χ0) is 11.7. The van der Waals surface area contributed by atoms with Crippen molar-refractivity contribution in [2.45, 2.75) is 13.0 Å². The zero-order valence-electron chi connectivity index (χ0n) is 8.45. The van der Waals surface area contributed by atoms with Crippen LogP contribution in [0, 0.1) is 18.6 Å². The quantitative estimate of drug-likeness (QED) is 0.877. The highest BCUT2D eigenvalue weighted by atomic mass is 32.1. The molecule has 16 heavy (non-hydrogen) atoms. The van der Waals surface area contributed by atoms with Gasteiger partial charge in [0.2, 0.25) is 0 Å². The van der Waals surface area contributed by atoms with E-state index < -0.39 is 17.7 Å². The van der Waals surface area contributed by atoms with Crippen molar-refractivity contribution >= 4 is 11.3 Å². The fourth-order valence-electron chi connectivity index (χ4n) is 1.41. The van der Waals surface area contributed by atoms with Crippen molar-refractivity contribution in [1.82, 2.24) is 4.98 Å². The van der Waals surface area contributed by atoms with E-state index in [2.05, 4.69) is 4.98 Å². The third-order valence-electron chi connectivity index (χ3n) is 2.12. The van der Waals surface area contributed by atoms with E-state index >= 15 is 0 Å². The number of aliphatic hydroxyl groups excluding tert-OH is 1. The minimum Gasteiger partial charge on any atom is -0.382 e. The maximum atomic E-state index is 12.9. The van der Waals surface area contributed by atoms with Crippen molar-refractivity contribution in [3.63, 3.8) is 0 Å². The van der Waals surface area contributed by atoms with Crippen LogP contribution in [0.3, 0.4) is 0 Å². The molecule has 0 aliphatic rings. The molecular weight excluding hydrogens is 232 g/mol. The molecular formula is C11H9F2NOS. The van der Waals surface area contributed by atoms with Crippen LogP contribution in [0.1, 0.15) is 22.4 Å². The van der Waals surface area contributed by atoms with Crippen LogP contribution in [0.4, 0.5) is 8.78 Å². The summed E-state index contributed by atoms with van der Waals surface area (Å²) in [6.45, 7) is 1.80. The normalized spacial score (nSPS) is 12.8. The maximum absolute atomic E-state index is 12.9. The van der Waals surface area contributed by atoms with E-state index in [1.807, 2.05) is 0 Å². The van der Waals surface area contributed by atoms with E-state index in [9.17, 15) is 13.9 Å². The smallest absolute Gasteiger partial charge is 0.126 e. The summed E-state index contributed by atoms with van der Waals surface area (Å²) in [6, 6.07) is 2.97. The Morgan fingerprint density at radius 3 is 2.38 bits per heavy atom. The van der Waals surface area contributed by atoms with E-state index in [0.29, 0.717) is 5.69 Å². The van der Waals surface area contributed by atoms with Crippen LogP contribution in [0.15, 0.2) is 23.6 Å². The summed E-state index contributed by atoms with van der Waals surface area (Å²) >= 11 is 1.38. The van der Waals surface area contributed by atoms with Gasteiger partial charge >= 0.3 is 0 Å². The number of rotatable bonds is 2. The molecule has 0 fully saturated rings. The van der Waals surface area contributed by atoms with E-state index in [4.69, 9.17) is 0 Å². The van der Waals surface area contributed by atoms with Crippen LogP contribution in [-0.2, 0) is 0 Å². The molecule has 0 saturated heterocycles. The maximum Gasteiger partial charge on any atom is 0.126 e. The molecule has 1 aromatic heterocycles. The molecule has 0 radical (unpaired) electrons. The van der Waals surface area contributed by atoms with Crippen LogP contribution < -0.4 is 0 Å². The monoisotopic (exact) mass is 241 g/mol. The fourth-order valence-corrected chi connectivity index (χ4v) is 2.04. The van der Waals surface area contributed by atoms with E-state index in [1.165, 1.54) is 11.3 Å². The molecule has 1 aromatic carbocycles. The molecule has 0 amide bonds. The van der Waals surface area contributed by atoms with Gasteiger partial charge in [-0.15, -0.1) is 11.3 Å². The molecule has 0 saturated carbocycles. The molecule has 1 unspecified atom stereocenters. The predicted molar refractivity (Wildman–Crippen MR) is 57.3 cm³/mol. The van der Waals surface area contributed by atoms with Gasteiger partial charge in [0.25, 0.3) is 0 Å². The zero-order valence-corrected chi connectivity index (χ0v) is 9.26. The third-order valence-corrected chi connectivity index (χ3v) is 2.91. The summed E-state index contributed by atoms with van der Waals surface area (Å²) in [5.74, 6) is -1.41. The summed E-state index contributed by atoms with van der Waals surface area (Å²) in [7, 11) is 0. The molecule has 1 atom stereocenters. The van der Waals surface area contributed by atoms with Crippen molar-refractivity contribution in [2.75, 3.05) is 0 Å². The first-order valence-corrected chi connectivity index (χ1v) is 5.50. The summed E-state index contributed by atoms with van der Waals surface area (Å²) in [4.78, 5) is 4.07. The Hall–Kier alpha value is -1.33. The van der Waals surface area contributed by atoms with Gasteiger partial charge in [-0.3, -0.25) is 0 Å². The summed E-state index contributed by atoms with van der Waals surface area (Å²) in [5.41, 5.74) is 0.579. The first-order chi connectivity index (χ1) is 7.56. The Morgan fingerprint density at radius 1 is 1.25 bits per heavy atom. The number of aliphatic hydroxyl groups is 1. The number of hydrogen-bond donors (Lipinski definition) is 1. The van der Waals surface area contributed by atoms with Crippen LogP contribution >= 0.6 is 11.3 Å². The van der Waals surface area contributed by atoms with Crippen LogP contribution in [0.5, 0.6) is 0 Å². The van der Waals surface area contributed by atoms with Gasteiger partial charge in [-0.2, -0.15) is 0 Å². The molecule has 2 aromatic rings. The van der Waals surface area contributed by atoms with Gasteiger partial charge in [0.05, 0.1) is 10.7 Å². The number of aromatic nitrogens is 1. The van der Waals surface area contributed by atoms with Gasteiger partial charge in [0.15, 0.2) is 0 Å². The van der Waals surface area contributed by atoms with Crippen molar-refractivity contribution in [3.8, 4) is 0 Å². The van der Waals surface area contributed by atoms with Crippen LogP contribution in [0.25, 0.3) is 0 Å². The Labute approximate surface area is 95.2 Å². The molecule has 0 aliphatic heterocycles. The minimum absolute atomic E-state index is 0.169. The van der Waals surface area contributed by atoms with E-state index in [1.54, 1.807) is 12.3 Å². The minimum atomic E-state index is -1.09. The lowest BCUT2D eigenvalue weighted by Crippen LogP contribution is -2.01. The van der Waals surface area contributed by atoms with Crippen molar-refractivity contribution in [1.29, 1.82) is 0 Å². The second-order valence-corrected chi connectivity index (χ2v) is 4.46. The number of nitrogens with zero attached hydrogens (tertiary/aromatic N) is 1. The highest BCUT2D eigenvalue weighted by Gasteiger charge is 2.15. The standard InChI is InChI=1S/C11H9F2NOS/c1-6-14-10(5-16-6)11(15)7-2-8(12)4-9(13)3-7/h2-5,11,15H,1H3. The number of thiazole rings is 1. The lowest BCUT2D eigenvalue weighted by Gasteiger charge is -2.08. The number of hydrogen-bond acceptors (Lipinski definition) is 3. The summed E-state index contributed by atoms with van der Waals surface area (Å²) in [6.07, 6.45) is -1.09. The average molecular weight is 241 g/mol. The first-order valence-electron chi connectivity index (χ1n) is 4.62. The van der Waals surface area contributed by atoms with Gasteiger partial charge < -0.3 is 5.11 Å². The Morgan fingerprint density at radius 2 is 1.88 bits per heavy atom. The lowest BCUT2D eigenvalue weighted by atomic mass is 10.1. The number of aryl methyl sites for hydroxylation is 1. The molecule has 2 rings (SSSR count). The third kappa shape index (κ3) is 2.25. The average Bonchev–Trinajstić information content (AvgIpc) is 2.62. The summed E-state index contributed by atoms with van der Waals surface area (Å²) in [5, 5.41) is 12.3. The molecule has 0 spiro atoms. The first kappa shape index (κ1) is 11.2. The lowest BCUT2D eigenvalue weighted by molar-refractivity contribution is 0.215. The summed E-state index contributed by atoms with van der Waals surface area (Å²) < 4.78 is 25.9. The topological polar surface area (TPSA) is 33.1 Å². The molecule has 0 bridgehead atoms. The predicted octanol–water partition coefficient (Wildman–Crippen LogP) is 2.81. The Balaban J connectivity index is 2.37. The second kappa shape index (κ2) is 4.27. The molecule has 1 heterocycles. The van der Waals surface area contributed by atoms with Gasteiger partial charge in [0.1, 0.15) is 17.7 Å². The van der Waals surface area contributed by atoms with Crippen LogP contribution in [0.2, 0.25) is 0 Å². The van der Waals surface area contributed by atoms with E-state index in [0.717, 1.165) is 23.2 Å². The molecule has 84 valence electrons. The SMILES string of the molecule is Cc1nc(C(O)c2cc(F)cc(F)c2)cs1.